The first-order valence-corrected chi connectivity index (χ1v) is 20.2. The maximum atomic E-state index is 15.8. The van der Waals surface area contributed by atoms with Gasteiger partial charge in [0.2, 0.25) is 11.6 Å². The average Bonchev–Trinajstić information content (AvgIpc) is 4.11. The van der Waals surface area contributed by atoms with Gasteiger partial charge in [-0.1, -0.05) is 36.4 Å². The summed E-state index contributed by atoms with van der Waals surface area (Å²) in [6, 6.07) is 17.3. The number of aromatic nitrogens is 4. The number of furan rings is 1. The van der Waals surface area contributed by atoms with Crippen LogP contribution in [-0.2, 0) is 10.7 Å². The molecule has 5 N–H and O–H groups in total. The van der Waals surface area contributed by atoms with Crippen molar-refractivity contribution in [1.82, 2.24) is 19.9 Å². The van der Waals surface area contributed by atoms with E-state index < -0.39 is 94.2 Å². The van der Waals surface area contributed by atoms with Gasteiger partial charge in [0.05, 0.1) is 34.2 Å². The van der Waals surface area contributed by atoms with Gasteiger partial charge < -0.3 is 29.2 Å². The van der Waals surface area contributed by atoms with E-state index in [1.54, 1.807) is 30.3 Å². The molecule has 4 aromatic carbocycles. The number of aromatic amines is 3. The van der Waals surface area contributed by atoms with Gasteiger partial charge in [0.15, 0.2) is 46.5 Å². The fourth-order valence-electron chi connectivity index (χ4n) is 8.04. The number of benzene rings is 4. The Kier molecular flexibility index (Phi) is 9.01. The minimum absolute atomic E-state index is 0.0325. The van der Waals surface area contributed by atoms with Crippen LogP contribution in [0.2, 0.25) is 0 Å². The standard InChI is InChI=1S/C44H21F10N4O4P/c45-33-31(34(46)38(50)41(53)37(33)49)29-24-9-7-20(55-24)21-8-10-25(56-21)30(32-35(47)39(51)42(54)40(52)36(32)48)27-14-12-23(58-27)28(22-11-13-26(29)57-22)19-6-2-5-18-17-4-1-3-16(15-63(59,60)61)43(17)62-44(18)19/h1-14,55,57-58H,15H2,(H2,59,60,61). The van der Waals surface area contributed by atoms with Crippen LogP contribution in [0.25, 0.3) is 101 Å². The lowest BCUT2D eigenvalue weighted by atomic mass is 10.0. The molecule has 1 aliphatic rings. The molecule has 0 amide bonds. The van der Waals surface area contributed by atoms with Crippen LogP contribution in [0.1, 0.15) is 17.0 Å². The lowest BCUT2D eigenvalue weighted by Crippen LogP contribution is -2.05. The largest absolute Gasteiger partial charge is 0.455 e. The molecular weight excluding hydrogens is 869 g/mol. The number of para-hydroxylation sites is 2. The molecular formula is C44H21F10N4O4P. The Bertz CT molecular complexity index is 3640. The molecule has 9 aromatic rings. The maximum Gasteiger partial charge on any atom is 0.330 e. The smallest absolute Gasteiger partial charge is 0.330 e. The quantitative estimate of drug-likeness (QED) is 0.0508. The number of halogens is 10. The second-order valence-corrected chi connectivity index (χ2v) is 16.1. The van der Waals surface area contributed by atoms with Crippen molar-refractivity contribution in [3.8, 4) is 33.4 Å². The van der Waals surface area contributed by atoms with Crippen LogP contribution in [-0.4, -0.2) is 29.7 Å². The number of hydrogen-bond donors (Lipinski definition) is 5. The van der Waals surface area contributed by atoms with Crippen LogP contribution in [0.3, 0.4) is 0 Å². The number of hydrogen-bond acceptors (Lipinski definition) is 3. The lowest BCUT2D eigenvalue weighted by molar-refractivity contribution is 0.371. The van der Waals surface area contributed by atoms with Gasteiger partial charge >= 0.3 is 7.60 Å². The van der Waals surface area contributed by atoms with E-state index in [-0.39, 0.29) is 72.3 Å². The van der Waals surface area contributed by atoms with E-state index in [2.05, 4.69) is 19.9 Å². The van der Waals surface area contributed by atoms with Gasteiger partial charge in [-0.2, -0.15) is 0 Å². The number of rotatable bonds is 5. The van der Waals surface area contributed by atoms with Gasteiger partial charge in [-0.05, 0) is 48.6 Å². The molecule has 0 spiro atoms. The topological polar surface area (TPSA) is 131 Å². The predicted molar refractivity (Wildman–Crippen MR) is 214 cm³/mol. The van der Waals surface area contributed by atoms with E-state index in [1.807, 2.05) is 0 Å². The molecule has 0 saturated carbocycles. The average molecular weight is 891 g/mol. The van der Waals surface area contributed by atoms with E-state index in [4.69, 9.17) is 4.42 Å². The zero-order valence-corrected chi connectivity index (χ0v) is 32.1. The molecule has 0 atom stereocenters. The van der Waals surface area contributed by atoms with E-state index >= 15 is 17.6 Å². The molecule has 0 unspecified atom stereocenters. The first-order valence-electron chi connectivity index (χ1n) is 18.4. The van der Waals surface area contributed by atoms with E-state index in [0.29, 0.717) is 10.8 Å². The molecule has 0 aliphatic carbocycles. The Morgan fingerprint density at radius 1 is 0.460 bits per heavy atom. The summed E-state index contributed by atoms with van der Waals surface area (Å²) < 4.78 is 170. The van der Waals surface area contributed by atoms with Gasteiger partial charge in [-0.3, -0.25) is 4.57 Å². The molecule has 63 heavy (non-hydrogen) atoms. The van der Waals surface area contributed by atoms with Crippen LogP contribution in [0.5, 0.6) is 0 Å². The van der Waals surface area contributed by atoms with Gasteiger partial charge in [0.25, 0.3) is 0 Å². The Balaban J connectivity index is 1.41. The van der Waals surface area contributed by atoms with Crippen molar-refractivity contribution < 1.29 is 62.7 Å². The van der Waals surface area contributed by atoms with Crippen LogP contribution in [0, 0.1) is 58.2 Å². The number of fused-ring (bicyclic) bond motifs is 12. The molecule has 19 heteroatoms. The van der Waals surface area contributed by atoms with Crippen molar-refractivity contribution in [2.75, 3.05) is 0 Å². The molecule has 0 fully saturated rings. The highest BCUT2D eigenvalue weighted by Crippen LogP contribution is 2.46. The van der Waals surface area contributed by atoms with E-state index in [0.717, 1.165) is 0 Å². The van der Waals surface area contributed by atoms with Gasteiger partial charge in [-0.25, -0.2) is 48.9 Å². The fraction of sp³-hybridized carbons (Fsp3) is 0.0227. The second-order valence-electron chi connectivity index (χ2n) is 14.5. The number of H-pyrrole nitrogens is 3. The molecule has 8 nitrogen and oxygen atoms in total. The third-order valence-corrected chi connectivity index (χ3v) is 11.5. The van der Waals surface area contributed by atoms with Gasteiger partial charge in [0.1, 0.15) is 11.2 Å². The van der Waals surface area contributed by atoms with Crippen molar-refractivity contribution in [3.05, 3.63) is 148 Å². The van der Waals surface area contributed by atoms with Crippen molar-refractivity contribution in [2.45, 2.75) is 6.16 Å². The first kappa shape index (κ1) is 40.0. The van der Waals surface area contributed by atoms with Gasteiger partial charge in [-0.15, -0.1) is 0 Å². The molecule has 0 saturated heterocycles. The Labute approximate surface area is 344 Å². The Morgan fingerprint density at radius 2 is 0.873 bits per heavy atom. The third kappa shape index (κ3) is 6.15. The maximum absolute atomic E-state index is 15.8. The summed E-state index contributed by atoms with van der Waals surface area (Å²) in [6.45, 7) is 0. The van der Waals surface area contributed by atoms with Crippen LogP contribution in [0.4, 0.5) is 43.9 Å². The van der Waals surface area contributed by atoms with Crippen LogP contribution >= 0.6 is 7.60 Å². The normalized spacial score (nSPS) is 12.5. The molecule has 10 rings (SSSR count). The summed E-state index contributed by atoms with van der Waals surface area (Å²) in [5.74, 6) is -22.4. The fourth-order valence-corrected chi connectivity index (χ4v) is 8.73. The van der Waals surface area contributed by atoms with Crippen molar-refractivity contribution in [1.29, 1.82) is 0 Å². The monoisotopic (exact) mass is 890 g/mol. The first-order chi connectivity index (χ1) is 30.0. The number of nitrogens with zero attached hydrogens (tertiary/aromatic N) is 1. The molecule has 1 aliphatic heterocycles. The molecule has 6 heterocycles. The number of nitrogens with one attached hydrogen (secondary N) is 3. The molecule has 5 aromatic heterocycles. The summed E-state index contributed by atoms with van der Waals surface area (Å²) in [5.41, 5.74) is -4.03. The molecule has 0 radical (unpaired) electrons. The van der Waals surface area contributed by atoms with Crippen molar-refractivity contribution in [3.63, 3.8) is 0 Å². The third-order valence-electron chi connectivity index (χ3n) is 10.7. The van der Waals surface area contributed by atoms with Gasteiger partial charge in [0, 0.05) is 66.2 Å². The summed E-state index contributed by atoms with van der Waals surface area (Å²) >= 11 is 0. The van der Waals surface area contributed by atoms with Crippen molar-refractivity contribution in [2.24, 2.45) is 0 Å². The minimum Gasteiger partial charge on any atom is -0.455 e. The Hall–Kier alpha value is -7.14. The lowest BCUT2D eigenvalue weighted by Gasteiger charge is -2.10. The minimum atomic E-state index is -4.63. The highest BCUT2D eigenvalue weighted by Gasteiger charge is 2.31. The molecule has 8 bridgehead atoms. The van der Waals surface area contributed by atoms with Crippen molar-refractivity contribution >= 4 is 74.8 Å². The zero-order chi connectivity index (χ0) is 44.4. The predicted octanol–water partition coefficient (Wildman–Crippen LogP) is 12.7. The van der Waals surface area contributed by atoms with Crippen LogP contribution in [0.15, 0.2) is 77.2 Å². The van der Waals surface area contributed by atoms with Crippen LogP contribution < -0.4 is 0 Å². The summed E-state index contributed by atoms with van der Waals surface area (Å²) in [4.78, 5) is 32.9. The van der Waals surface area contributed by atoms with E-state index in [9.17, 15) is 40.7 Å². The summed E-state index contributed by atoms with van der Waals surface area (Å²) in [6.07, 6.45) is 1.80. The Morgan fingerprint density at radius 3 is 1.41 bits per heavy atom. The summed E-state index contributed by atoms with van der Waals surface area (Å²) in [5, 5.41) is 0.853. The second kappa shape index (κ2) is 14.2. The summed E-state index contributed by atoms with van der Waals surface area (Å²) in [7, 11) is -4.63. The zero-order valence-electron chi connectivity index (χ0n) is 31.2. The van der Waals surface area contributed by atoms with E-state index in [1.165, 1.54) is 54.6 Å². The molecule has 316 valence electrons. The highest BCUT2D eigenvalue weighted by atomic mass is 31.2. The highest BCUT2D eigenvalue weighted by molar-refractivity contribution is 7.50. The SMILES string of the molecule is O=P(O)(O)Cc1cccc2c1oc1c(-c3c4ccc([nH]4)c(-c4c(F)c(F)c(F)c(F)c4F)c4nc(c5ccc([nH]5)c(-c5c(F)c(F)c(F)c(F)c5F)c5ccc3[nH]5)C=C4)cccc12.